The Balaban J connectivity index is 2.06. The van der Waals surface area contributed by atoms with Crippen LogP contribution in [0.15, 0.2) is 40.4 Å². The number of amides is 2. The minimum atomic E-state index is -0.547. The Hall–Kier alpha value is -2.71. The SMILES string of the molecule is COc1cc(/C=C2\C(=O)NC(=S)N(c3cc(C)ccc3C)C2=O)cc(Br)c1OC(C)C. The second-order valence-electron chi connectivity index (χ2n) is 7.45. The van der Waals surface area contributed by atoms with Gasteiger partial charge in [-0.2, -0.15) is 0 Å². The highest BCUT2D eigenvalue weighted by Gasteiger charge is 2.35. The van der Waals surface area contributed by atoms with E-state index in [1.54, 1.807) is 12.1 Å². The van der Waals surface area contributed by atoms with Crippen LogP contribution < -0.4 is 19.7 Å². The first-order valence-electron chi connectivity index (χ1n) is 9.65. The number of halogens is 1. The minimum Gasteiger partial charge on any atom is -0.493 e. The van der Waals surface area contributed by atoms with Crippen LogP contribution in [0.25, 0.3) is 6.08 Å². The smallest absolute Gasteiger partial charge is 0.270 e. The predicted octanol–water partition coefficient (Wildman–Crippen LogP) is 4.69. The standard InChI is InChI=1S/C23H23BrN2O4S/c1-12(2)30-20-17(24)10-15(11-19(20)29-5)9-16-21(27)25-23(31)26(22(16)28)18-8-13(3)6-7-14(18)4/h6-12H,1-5H3,(H,25,27,31)/b16-9+. The van der Waals surface area contributed by atoms with Gasteiger partial charge in [-0.25, -0.2) is 0 Å². The van der Waals surface area contributed by atoms with Gasteiger partial charge in [0.1, 0.15) is 5.57 Å². The van der Waals surface area contributed by atoms with Crippen molar-refractivity contribution in [3.8, 4) is 11.5 Å². The summed E-state index contributed by atoms with van der Waals surface area (Å²) >= 11 is 8.79. The summed E-state index contributed by atoms with van der Waals surface area (Å²) in [5.74, 6) is 0.00644. The highest BCUT2D eigenvalue weighted by molar-refractivity contribution is 9.10. The normalized spacial score (nSPS) is 15.5. The van der Waals surface area contributed by atoms with E-state index < -0.39 is 11.8 Å². The van der Waals surface area contributed by atoms with Gasteiger partial charge in [-0.3, -0.25) is 19.8 Å². The zero-order chi connectivity index (χ0) is 22.9. The van der Waals surface area contributed by atoms with E-state index in [4.69, 9.17) is 21.7 Å². The van der Waals surface area contributed by atoms with Gasteiger partial charge in [-0.1, -0.05) is 12.1 Å². The fourth-order valence-corrected chi connectivity index (χ4v) is 4.00. The van der Waals surface area contributed by atoms with Crippen molar-refractivity contribution in [3.05, 3.63) is 57.1 Å². The Kier molecular flexibility index (Phi) is 6.81. The van der Waals surface area contributed by atoms with Crippen LogP contribution in [-0.4, -0.2) is 30.1 Å². The lowest BCUT2D eigenvalue weighted by molar-refractivity contribution is -0.122. The number of nitrogens with zero attached hydrogens (tertiary/aromatic N) is 1. The van der Waals surface area contributed by atoms with Gasteiger partial charge in [0.25, 0.3) is 11.8 Å². The first-order chi connectivity index (χ1) is 14.6. The molecule has 1 saturated heterocycles. The molecule has 162 valence electrons. The van der Waals surface area contributed by atoms with Crippen LogP contribution in [0.3, 0.4) is 0 Å². The molecular weight excluding hydrogens is 480 g/mol. The molecule has 0 spiro atoms. The number of thiocarbonyl (C=S) groups is 1. The predicted molar refractivity (Wildman–Crippen MR) is 129 cm³/mol. The lowest BCUT2D eigenvalue weighted by atomic mass is 10.0. The molecule has 6 nitrogen and oxygen atoms in total. The first kappa shape index (κ1) is 23.0. The molecule has 1 aliphatic heterocycles. The summed E-state index contributed by atoms with van der Waals surface area (Å²) in [7, 11) is 1.53. The van der Waals surface area contributed by atoms with Crippen molar-refractivity contribution in [1.82, 2.24) is 5.32 Å². The summed E-state index contributed by atoms with van der Waals surface area (Å²) < 4.78 is 11.9. The molecule has 2 amide bonds. The van der Waals surface area contributed by atoms with Crippen molar-refractivity contribution in [2.45, 2.75) is 33.8 Å². The number of ether oxygens (including phenoxy) is 2. The van der Waals surface area contributed by atoms with Gasteiger partial charge in [0.2, 0.25) is 0 Å². The second kappa shape index (κ2) is 9.20. The van der Waals surface area contributed by atoms with E-state index in [9.17, 15) is 9.59 Å². The van der Waals surface area contributed by atoms with Crippen LogP contribution in [0.4, 0.5) is 5.69 Å². The number of carbonyl (C=O) groups excluding carboxylic acids is 2. The van der Waals surface area contributed by atoms with Crippen LogP contribution in [0, 0.1) is 13.8 Å². The number of hydrogen-bond acceptors (Lipinski definition) is 5. The maximum Gasteiger partial charge on any atom is 0.270 e. The zero-order valence-corrected chi connectivity index (χ0v) is 20.3. The highest BCUT2D eigenvalue weighted by atomic mass is 79.9. The molecule has 0 aromatic heterocycles. The summed E-state index contributed by atoms with van der Waals surface area (Å²) in [5, 5.41) is 2.67. The van der Waals surface area contributed by atoms with Crippen molar-refractivity contribution >= 4 is 56.8 Å². The molecule has 8 heteroatoms. The average molecular weight is 503 g/mol. The van der Waals surface area contributed by atoms with Gasteiger partial charge in [0.15, 0.2) is 16.6 Å². The van der Waals surface area contributed by atoms with Crippen molar-refractivity contribution in [3.63, 3.8) is 0 Å². The largest absolute Gasteiger partial charge is 0.493 e. The van der Waals surface area contributed by atoms with Crippen molar-refractivity contribution in [1.29, 1.82) is 0 Å². The topological polar surface area (TPSA) is 67.9 Å². The van der Waals surface area contributed by atoms with E-state index >= 15 is 0 Å². The molecule has 0 atom stereocenters. The van der Waals surface area contributed by atoms with E-state index in [1.807, 2.05) is 45.9 Å². The van der Waals surface area contributed by atoms with Crippen LogP contribution in [-0.2, 0) is 9.59 Å². The summed E-state index contributed by atoms with van der Waals surface area (Å²) in [6, 6.07) is 9.21. The van der Waals surface area contributed by atoms with Crippen molar-refractivity contribution in [2.24, 2.45) is 0 Å². The first-order valence-corrected chi connectivity index (χ1v) is 10.9. The molecule has 31 heavy (non-hydrogen) atoms. The Labute approximate surface area is 195 Å². The third kappa shape index (κ3) is 4.80. The van der Waals surface area contributed by atoms with Gasteiger partial charge in [0, 0.05) is 0 Å². The molecule has 3 rings (SSSR count). The third-order valence-electron chi connectivity index (χ3n) is 4.62. The quantitative estimate of drug-likeness (QED) is 0.364. The third-order valence-corrected chi connectivity index (χ3v) is 5.50. The maximum atomic E-state index is 13.3. The van der Waals surface area contributed by atoms with E-state index in [1.165, 1.54) is 18.1 Å². The van der Waals surface area contributed by atoms with Crippen molar-refractivity contribution < 1.29 is 19.1 Å². The van der Waals surface area contributed by atoms with E-state index in [0.29, 0.717) is 27.2 Å². The highest BCUT2D eigenvalue weighted by Crippen LogP contribution is 2.38. The Bertz CT molecular complexity index is 1110. The van der Waals surface area contributed by atoms with Gasteiger partial charge >= 0.3 is 0 Å². The van der Waals surface area contributed by atoms with Gasteiger partial charge in [0.05, 0.1) is 23.4 Å². The number of nitrogens with one attached hydrogen (secondary N) is 1. The number of benzene rings is 2. The Morgan fingerprint density at radius 1 is 1.16 bits per heavy atom. The van der Waals surface area contributed by atoms with Gasteiger partial charge in [-0.15, -0.1) is 0 Å². The van der Waals surface area contributed by atoms with E-state index in [2.05, 4.69) is 21.2 Å². The van der Waals surface area contributed by atoms with Crippen molar-refractivity contribution in [2.75, 3.05) is 12.0 Å². The number of aryl methyl sites for hydroxylation is 2. The minimum absolute atomic E-state index is 0.0269. The van der Waals surface area contributed by atoms with Crippen LogP contribution in [0.5, 0.6) is 11.5 Å². The molecule has 1 heterocycles. The molecule has 1 aliphatic rings. The monoisotopic (exact) mass is 502 g/mol. The van der Waals surface area contributed by atoms with E-state index in [-0.39, 0.29) is 16.8 Å². The number of carbonyl (C=O) groups is 2. The molecule has 0 bridgehead atoms. The number of anilines is 1. The van der Waals surface area contributed by atoms with Crippen LogP contribution in [0.1, 0.15) is 30.5 Å². The summed E-state index contributed by atoms with van der Waals surface area (Å²) in [4.78, 5) is 27.3. The number of rotatable bonds is 5. The molecule has 2 aromatic carbocycles. The molecule has 1 fully saturated rings. The molecule has 0 unspecified atom stereocenters. The maximum absolute atomic E-state index is 13.3. The van der Waals surface area contributed by atoms with Gasteiger partial charge < -0.3 is 9.47 Å². The molecule has 1 N–H and O–H groups in total. The molecule has 2 aromatic rings. The fourth-order valence-electron chi connectivity index (χ4n) is 3.18. The Morgan fingerprint density at radius 2 is 1.87 bits per heavy atom. The number of methoxy groups -OCH3 is 1. The van der Waals surface area contributed by atoms with Gasteiger partial charge in [-0.05, 0) is 96.8 Å². The molecule has 0 radical (unpaired) electrons. The van der Waals surface area contributed by atoms with Crippen LogP contribution in [0.2, 0.25) is 0 Å². The second-order valence-corrected chi connectivity index (χ2v) is 8.69. The molecule has 0 aliphatic carbocycles. The summed E-state index contributed by atoms with van der Waals surface area (Å²) in [5.41, 5.74) is 3.07. The average Bonchev–Trinajstić information content (AvgIpc) is 2.69. The Morgan fingerprint density at radius 3 is 2.52 bits per heavy atom. The zero-order valence-electron chi connectivity index (χ0n) is 17.9. The lowest BCUT2D eigenvalue weighted by Gasteiger charge is -2.30. The summed E-state index contributed by atoms with van der Waals surface area (Å²) in [6.45, 7) is 7.65. The fraction of sp³-hybridized carbons (Fsp3) is 0.261. The summed E-state index contributed by atoms with van der Waals surface area (Å²) in [6.07, 6.45) is 1.47. The number of hydrogen-bond donors (Lipinski definition) is 1. The van der Waals surface area contributed by atoms with E-state index in [0.717, 1.165) is 11.1 Å². The lowest BCUT2D eigenvalue weighted by Crippen LogP contribution is -2.54. The molecular formula is C23H23BrN2O4S. The van der Waals surface area contributed by atoms with Crippen LogP contribution >= 0.6 is 28.1 Å². The molecule has 0 saturated carbocycles.